The Morgan fingerprint density at radius 1 is 1.25 bits per heavy atom. The van der Waals surface area contributed by atoms with E-state index in [0.717, 1.165) is 18.2 Å². The first kappa shape index (κ1) is 17.7. The Morgan fingerprint density at radius 3 is 2.58 bits per heavy atom. The van der Waals surface area contributed by atoms with Crippen LogP contribution in [0, 0.1) is 22.9 Å². The fraction of sp³-hybridized carbons (Fsp3) is 0.188. The van der Waals surface area contributed by atoms with Crippen LogP contribution in [0.25, 0.3) is 0 Å². The maximum absolute atomic E-state index is 13.2. The lowest BCUT2D eigenvalue weighted by Gasteiger charge is -2.15. The summed E-state index contributed by atoms with van der Waals surface area (Å²) in [5, 5.41) is 11.4. The van der Waals surface area contributed by atoms with Gasteiger partial charge < -0.3 is 9.47 Å². The second kappa shape index (κ2) is 7.27. The van der Waals surface area contributed by atoms with Gasteiger partial charge in [0.05, 0.1) is 4.92 Å². The van der Waals surface area contributed by atoms with E-state index in [4.69, 9.17) is 21.1 Å². The topological polar surface area (TPSA) is 78.7 Å². The largest absolute Gasteiger partial charge is 0.479 e. The van der Waals surface area contributed by atoms with Gasteiger partial charge in [-0.2, -0.15) is 0 Å². The van der Waals surface area contributed by atoms with Gasteiger partial charge in [0.2, 0.25) is 5.75 Å². The molecule has 0 heterocycles. The molecule has 0 spiro atoms. The van der Waals surface area contributed by atoms with Gasteiger partial charge in [-0.3, -0.25) is 10.1 Å². The molecule has 2 aromatic carbocycles. The van der Waals surface area contributed by atoms with E-state index in [1.54, 1.807) is 25.1 Å². The summed E-state index contributed by atoms with van der Waals surface area (Å²) in [6, 6.07) is 7.45. The highest BCUT2D eigenvalue weighted by Gasteiger charge is 2.23. The van der Waals surface area contributed by atoms with Crippen molar-refractivity contribution in [3.63, 3.8) is 0 Å². The Labute approximate surface area is 141 Å². The van der Waals surface area contributed by atoms with E-state index in [1.165, 1.54) is 6.92 Å². The van der Waals surface area contributed by atoms with E-state index < -0.39 is 34.3 Å². The van der Waals surface area contributed by atoms with E-state index in [2.05, 4.69) is 0 Å². The molecule has 1 unspecified atom stereocenters. The summed E-state index contributed by atoms with van der Waals surface area (Å²) in [6.45, 7) is 3.16. The second-order valence-corrected chi connectivity index (χ2v) is 5.40. The van der Waals surface area contributed by atoms with Gasteiger partial charge in [0.25, 0.3) is 0 Å². The summed E-state index contributed by atoms with van der Waals surface area (Å²) >= 11 is 5.84. The first-order valence-corrected chi connectivity index (χ1v) is 7.24. The molecule has 0 saturated carbocycles. The molecular weight excluding hydrogens is 341 g/mol. The van der Waals surface area contributed by atoms with Crippen LogP contribution in [0.4, 0.5) is 10.1 Å². The standard InChI is InChI=1S/C16H13ClFNO5/c1-9-7-11(17)3-6-14(9)23-10(2)16(20)24-15-8-12(18)4-5-13(15)19(21)22/h3-8,10H,1-2H3. The van der Waals surface area contributed by atoms with Crippen molar-refractivity contribution in [1.82, 2.24) is 0 Å². The first-order valence-electron chi connectivity index (χ1n) is 6.86. The van der Waals surface area contributed by atoms with Crippen LogP contribution in [-0.4, -0.2) is 17.0 Å². The number of aryl methyl sites for hydroxylation is 1. The Morgan fingerprint density at radius 2 is 1.96 bits per heavy atom. The van der Waals surface area contributed by atoms with Gasteiger partial charge in [0.1, 0.15) is 11.6 Å². The molecule has 0 N–H and O–H groups in total. The molecule has 0 aliphatic carbocycles. The highest BCUT2D eigenvalue weighted by molar-refractivity contribution is 6.30. The molecule has 1 atom stereocenters. The summed E-state index contributed by atoms with van der Waals surface area (Å²) in [4.78, 5) is 22.2. The van der Waals surface area contributed by atoms with Crippen LogP contribution in [0.15, 0.2) is 36.4 Å². The van der Waals surface area contributed by atoms with E-state index in [-0.39, 0.29) is 0 Å². The third kappa shape index (κ3) is 4.20. The molecule has 0 fully saturated rings. The molecule has 126 valence electrons. The predicted octanol–water partition coefficient (Wildman–Crippen LogP) is 4.07. The lowest BCUT2D eigenvalue weighted by molar-refractivity contribution is -0.385. The van der Waals surface area contributed by atoms with Crippen LogP contribution in [0.2, 0.25) is 5.02 Å². The predicted molar refractivity (Wildman–Crippen MR) is 85.0 cm³/mol. The zero-order chi connectivity index (χ0) is 17.9. The first-order chi connectivity index (χ1) is 11.3. The fourth-order valence-electron chi connectivity index (χ4n) is 1.90. The number of nitro groups is 1. The van der Waals surface area contributed by atoms with Crippen LogP contribution >= 0.6 is 11.6 Å². The Balaban J connectivity index is 2.14. The summed E-state index contributed by atoms with van der Waals surface area (Å²) < 4.78 is 23.6. The molecule has 2 aromatic rings. The zero-order valence-corrected chi connectivity index (χ0v) is 13.5. The monoisotopic (exact) mass is 353 g/mol. The van der Waals surface area contributed by atoms with Crippen molar-refractivity contribution in [3.8, 4) is 11.5 Å². The number of esters is 1. The average Bonchev–Trinajstić information content (AvgIpc) is 2.49. The number of halogens is 2. The molecular formula is C16H13ClFNO5. The minimum absolute atomic E-state index is 0.414. The van der Waals surface area contributed by atoms with Crippen molar-refractivity contribution in [2.24, 2.45) is 0 Å². The summed E-state index contributed by atoms with van der Waals surface area (Å²) in [6.07, 6.45) is -1.06. The number of hydrogen-bond donors (Lipinski definition) is 0. The maximum atomic E-state index is 13.2. The SMILES string of the molecule is Cc1cc(Cl)ccc1OC(C)C(=O)Oc1cc(F)ccc1[N+](=O)[O-]. The lowest BCUT2D eigenvalue weighted by atomic mass is 10.2. The van der Waals surface area contributed by atoms with Crippen LogP contribution in [0.3, 0.4) is 0 Å². The van der Waals surface area contributed by atoms with E-state index in [0.29, 0.717) is 16.3 Å². The van der Waals surface area contributed by atoms with Gasteiger partial charge in [0.15, 0.2) is 6.10 Å². The third-order valence-corrected chi connectivity index (χ3v) is 3.34. The number of benzene rings is 2. The molecule has 6 nitrogen and oxygen atoms in total. The average molecular weight is 354 g/mol. The van der Waals surface area contributed by atoms with E-state index >= 15 is 0 Å². The number of nitrogens with zero attached hydrogens (tertiary/aromatic N) is 1. The van der Waals surface area contributed by atoms with Crippen LogP contribution in [0.1, 0.15) is 12.5 Å². The summed E-state index contributed by atoms with van der Waals surface area (Å²) in [5.41, 5.74) is 0.193. The van der Waals surface area contributed by atoms with Gasteiger partial charge in [-0.15, -0.1) is 0 Å². The lowest BCUT2D eigenvalue weighted by Crippen LogP contribution is -2.28. The molecule has 24 heavy (non-hydrogen) atoms. The van der Waals surface area contributed by atoms with E-state index in [1.807, 2.05) is 0 Å². The molecule has 0 saturated heterocycles. The second-order valence-electron chi connectivity index (χ2n) is 4.96. The normalized spacial score (nSPS) is 11.7. The number of carbonyl (C=O) groups excluding carboxylic acids is 1. The maximum Gasteiger partial charge on any atom is 0.352 e. The smallest absolute Gasteiger partial charge is 0.352 e. The molecule has 0 bridgehead atoms. The van der Waals surface area contributed by atoms with Crippen molar-refractivity contribution < 1.29 is 23.6 Å². The fourth-order valence-corrected chi connectivity index (χ4v) is 2.12. The zero-order valence-electron chi connectivity index (χ0n) is 12.8. The molecule has 0 aromatic heterocycles. The molecule has 0 amide bonds. The van der Waals surface area contributed by atoms with Crippen molar-refractivity contribution in [3.05, 3.63) is 62.9 Å². The van der Waals surface area contributed by atoms with Gasteiger partial charge in [-0.25, -0.2) is 9.18 Å². The van der Waals surface area contributed by atoms with Gasteiger partial charge in [-0.1, -0.05) is 11.6 Å². The van der Waals surface area contributed by atoms with Gasteiger partial charge in [-0.05, 0) is 43.7 Å². The number of carbonyl (C=O) groups is 1. The Hall–Kier alpha value is -2.67. The Bertz CT molecular complexity index is 796. The van der Waals surface area contributed by atoms with Gasteiger partial charge in [0, 0.05) is 17.2 Å². The molecule has 0 aliphatic heterocycles. The van der Waals surface area contributed by atoms with Crippen molar-refractivity contribution >= 4 is 23.3 Å². The minimum atomic E-state index is -1.06. The number of ether oxygens (including phenoxy) is 2. The summed E-state index contributed by atoms with van der Waals surface area (Å²) in [7, 11) is 0. The number of nitro benzene ring substituents is 1. The summed E-state index contributed by atoms with van der Waals surface area (Å²) in [5.74, 6) is -1.71. The van der Waals surface area contributed by atoms with Crippen molar-refractivity contribution in [2.75, 3.05) is 0 Å². The third-order valence-electron chi connectivity index (χ3n) is 3.10. The van der Waals surface area contributed by atoms with Crippen molar-refractivity contribution in [2.45, 2.75) is 20.0 Å². The molecule has 2 rings (SSSR count). The number of rotatable bonds is 5. The van der Waals surface area contributed by atoms with Crippen LogP contribution < -0.4 is 9.47 Å². The van der Waals surface area contributed by atoms with Crippen LogP contribution in [0.5, 0.6) is 11.5 Å². The van der Waals surface area contributed by atoms with E-state index in [9.17, 15) is 19.3 Å². The van der Waals surface area contributed by atoms with Crippen LogP contribution in [-0.2, 0) is 4.79 Å². The minimum Gasteiger partial charge on any atom is -0.479 e. The highest BCUT2D eigenvalue weighted by Crippen LogP contribution is 2.28. The highest BCUT2D eigenvalue weighted by atomic mass is 35.5. The molecule has 0 radical (unpaired) electrons. The molecule has 8 heteroatoms. The Kier molecular flexibility index (Phi) is 5.35. The van der Waals surface area contributed by atoms with Crippen molar-refractivity contribution in [1.29, 1.82) is 0 Å². The quantitative estimate of drug-likeness (QED) is 0.350. The number of hydrogen-bond acceptors (Lipinski definition) is 5. The van der Waals surface area contributed by atoms with Gasteiger partial charge >= 0.3 is 11.7 Å². The molecule has 0 aliphatic rings.